The Balaban J connectivity index is 1.95. The highest BCUT2D eigenvalue weighted by molar-refractivity contribution is 9.10. The molecule has 0 unspecified atom stereocenters. The summed E-state index contributed by atoms with van der Waals surface area (Å²) in [4.78, 5) is 24.7. The molecule has 3 rings (SSSR count). The first kappa shape index (κ1) is 15.5. The highest BCUT2D eigenvalue weighted by Crippen LogP contribution is 2.24. The molecular formula is C18H15BrN2O2. The zero-order valence-electron chi connectivity index (χ0n) is 12.8. The van der Waals surface area contributed by atoms with Crippen LogP contribution in [0.15, 0.2) is 52.5 Å². The van der Waals surface area contributed by atoms with E-state index in [2.05, 4.69) is 21.4 Å². The van der Waals surface area contributed by atoms with Crippen molar-refractivity contribution in [3.63, 3.8) is 0 Å². The molecule has 0 radical (unpaired) electrons. The van der Waals surface area contributed by atoms with Crippen LogP contribution in [0, 0.1) is 13.8 Å². The molecule has 2 amide bonds. The van der Waals surface area contributed by atoms with Crippen molar-refractivity contribution >= 4 is 39.5 Å². The maximum absolute atomic E-state index is 12.6. The number of nitrogens with one attached hydrogen (secondary N) is 1. The standard InChI is InChI=1S/C18H15BrN2O2/c1-11-6-7-15(8-12(11)2)21-18(23)16(17(22)20-21)10-13-4-3-5-14(19)9-13/h3-10H,1-2H3,(H,20,22)/b16-10-. The topological polar surface area (TPSA) is 49.4 Å². The van der Waals surface area contributed by atoms with Crippen molar-refractivity contribution in [2.24, 2.45) is 0 Å². The van der Waals surface area contributed by atoms with E-state index in [1.54, 1.807) is 6.08 Å². The molecule has 0 aliphatic carbocycles. The van der Waals surface area contributed by atoms with Gasteiger partial charge in [0.2, 0.25) is 0 Å². The molecule has 0 bridgehead atoms. The zero-order valence-corrected chi connectivity index (χ0v) is 14.3. The molecule has 0 spiro atoms. The van der Waals surface area contributed by atoms with Crippen LogP contribution in [-0.2, 0) is 9.59 Å². The molecule has 116 valence electrons. The summed E-state index contributed by atoms with van der Waals surface area (Å²) in [6, 6.07) is 13.1. The van der Waals surface area contributed by atoms with Gasteiger partial charge in [0.1, 0.15) is 5.57 Å². The quantitative estimate of drug-likeness (QED) is 0.649. The van der Waals surface area contributed by atoms with Crippen molar-refractivity contribution in [2.45, 2.75) is 13.8 Å². The minimum Gasteiger partial charge on any atom is -0.267 e. The van der Waals surface area contributed by atoms with Crippen LogP contribution in [0.4, 0.5) is 5.69 Å². The number of rotatable bonds is 2. The maximum Gasteiger partial charge on any atom is 0.282 e. The van der Waals surface area contributed by atoms with E-state index in [4.69, 9.17) is 0 Å². The van der Waals surface area contributed by atoms with Gasteiger partial charge in [0.05, 0.1) is 5.69 Å². The van der Waals surface area contributed by atoms with Gasteiger partial charge >= 0.3 is 0 Å². The minimum absolute atomic E-state index is 0.126. The highest BCUT2D eigenvalue weighted by atomic mass is 79.9. The van der Waals surface area contributed by atoms with Gasteiger partial charge in [-0.2, -0.15) is 0 Å². The number of aryl methyl sites for hydroxylation is 2. The molecule has 2 aromatic rings. The molecule has 2 aromatic carbocycles. The van der Waals surface area contributed by atoms with E-state index in [-0.39, 0.29) is 11.5 Å². The lowest BCUT2D eigenvalue weighted by molar-refractivity contribution is -0.117. The van der Waals surface area contributed by atoms with Gasteiger partial charge in [0.25, 0.3) is 11.8 Å². The third-order valence-corrected chi connectivity index (χ3v) is 4.29. The second kappa shape index (κ2) is 6.01. The number of amides is 2. The maximum atomic E-state index is 12.6. The first-order chi connectivity index (χ1) is 11.0. The van der Waals surface area contributed by atoms with Gasteiger partial charge in [-0.1, -0.05) is 34.1 Å². The molecule has 23 heavy (non-hydrogen) atoms. The molecule has 1 saturated heterocycles. The molecule has 4 nitrogen and oxygen atoms in total. The Bertz CT molecular complexity index is 843. The fraction of sp³-hybridized carbons (Fsp3) is 0.111. The van der Waals surface area contributed by atoms with Crippen LogP contribution in [0.2, 0.25) is 0 Å². The summed E-state index contributed by atoms with van der Waals surface area (Å²) in [5, 5.41) is 1.29. The smallest absolute Gasteiger partial charge is 0.267 e. The van der Waals surface area contributed by atoms with Crippen LogP contribution in [0.1, 0.15) is 16.7 Å². The average molecular weight is 371 g/mol. The Morgan fingerprint density at radius 3 is 2.52 bits per heavy atom. The molecule has 1 aliphatic rings. The molecule has 1 aliphatic heterocycles. The van der Waals surface area contributed by atoms with Crippen LogP contribution in [0.3, 0.4) is 0 Å². The molecule has 1 N–H and O–H groups in total. The van der Waals surface area contributed by atoms with Gasteiger partial charge < -0.3 is 0 Å². The molecule has 0 saturated carbocycles. The lowest BCUT2D eigenvalue weighted by Crippen LogP contribution is -2.35. The van der Waals surface area contributed by atoms with Crippen LogP contribution in [-0.4, -0.2) is 11.8 Å². The summed E-state index contributed by atoms with van der Waals surface area (Å²) >= 11 is 3.38. The van der Waals surface area contributed by atoms with E-state index >= 15 is 0 Å². The fourth-order valence-electron chi connectivity index (χ4n) is 2.37. The van der Waals surface area contributed by atoms with E-state index in [9.17, 15) is 9.59 Å². The summed E-state index contributed by atoms with van der Waals surface area (Å²) in [6.45, 7) is 3.97. The van der Waals surface area contributed by atoms with Gasteiger partial charge in [-0.3, -0.25) is 15.0 Å². The van der Waals surface area contributed by atoms with E-state index in [1.807, 2.05) is 56.3 Å². The number of hydrazine groups is 1. The van der Waals surface area contributed by atoms with Gasteiger partial charge in [-0.15, -0.1) is 0 Å². The minimum atomic E-state index is -0.395. The molecule has 0 aromatic heterocycles. The lowest BCUT2D eigenvalue weighted by atomic mass is 10.1. The predicted octanol–water partition coefficient (Wildman–Crippen LogP) is 3.53. The highest BCUT2D eigenvalue weighted by Gasteiger charge is 2.34. The number of hydrogen-bond donors (Lipinski definition) is 1. The van der Waals surface area contributed by atoms with Crippen LogP contribution in [0.25, 0.3) is 6.08 Å². The Morgan fingerprint density at radius 2 is 1.83 bits per heavy atom. The Kier molecular flexibility index (Phi) is 4.05. The Labute approximate surface area is 142 Å². The van der Waals surface area contributed by atoms with Crippen LogP contribution >= 0.6 is 15.9 Å². The van der Waals surface area contributed by atoms with E-state index in [0.717, 1.165) is 21.2 Å². The predicted molar refractivity (Wildman–Crippen MR) is 93.7 cm³/mol. The summed E-state index contributed by atoms with van der Waals surface area (Å²) in [7, 11) is 0. The lowest BCUT2D eigenvalue weighted by Gasteiger charge is -2.15. The monoisotopic (exact) mass is 370 g/mol. The number of nitrogens with zero attached hydrogens (tertiary/aromatic N) is 1. The molecular weight excluding hydrogens is 356 g/mol. The van der Waals surface area contributed by atoms with Gasteiger partial charge in [-0.25, -0.2) is 5.01 Å². The molecule has 1 heterocycles. The van der Waals surface area contributed by atoms with Crippen LogP contribution in [0.5, 0.6) is 0 Å². The van der Waals surface area contributed by atoms with Crippen molar-refractivity contribution in [3.8, 4) is 0 Å². The Hall–Kier alpha value is -2.40. The van der Waals surface area contributed by atoms with Crippen molar-refractivity contribution in [3.05, 3.63) is 69.2 Å². The first-order valence-electron chi connectivity index (χ1n) is 7.15. The van der Waals surface area contributed by atoms with Gasteiger partial charge in [0.15, 0.2) is 0 Å². The fourth-order valence-corrected chi connectivity index (χ4v) is 2.78. The van der Waals surface area contributed by atoms with Crippen molar-refractivity contribution in [1.29, 1.82) is 0 Å². The van der Waals surface area contributed by atoms with Gasteiger partial charge in [0, 0.05) is 4.47 Å². The van der Waals surface area contributed by atoms with Crippen molar-refractivity contribution in [2.75, 3.05) is 5.01 Å². The summed E-state index contributed by atoms with van der Waals surface area (Å²) in [5.41, 5.74) is 6.39. The normalized spacial score (nSPS) is 16.1. The van der Waals surface area contributed by atoms with Crippen LogP contribution < -0.4 is 10.4 Å². The summed E-state index contributed by atoms with van der Waals surface area (Å²) in [6.07, 6.45) is 1.60. The van der Waals surface area contributed by atoms with Crippen molar-refractivity contribution in [1.82, 2.24) is 5.43 Å². The number of benzene rings is 2. The number of halogens is 1. The largest absolute Gasteiger partial charge is 0.282 e. The number of carbonyl (C=O) groups excluding carboxylic acids is 2. The zero-order chi connectivity index (χ0) is 16.6. The number of hydrogen-bond acceptors (Lipinski definition) is 2. The second-order valence-corrected chi connectivity index (χ2v) is 6.38. The summed E-state index contributed by atoms with van der Waals surface area (Å²) in [5.74, 6) is -0.744. The second-order valence-electron chi connectivity index (χ2n) is 5.46. The third-order valence-electron chi connectivity index (χ3n) is 3.80. The summed E-state index contributed by atoms with van der Waals surface area (Å²) < 4.78 is 0.892. The molecule has 5 heteroatoms. The average Bonchev–Trinajstić information content (AvgIpc) is 2.78. The number of carbonyl (C=O) groups is 2. The van der Waals surface area contributed by atoms with E-state index < -0.39 is 5.91 Å². The third kappa shape index (κ3) is 3.05. The Morgan fingerprint density at radius 1 is 1.04 bits per heavy atom. The number of anilines is 1. The van der Waals surface area contributed by atoms with E-state index in [0.29, 0.717) is 5.69 Å². The van der Waals surface area contributed by atoms with E-state index in [1.165, 1.54) is 5.01 Å². The first-order valence-corrected chi connectivity index (χ1v) is 7.95. The molecule has 0 atom stereocenters. The van der Waals surface area contributed by atoms with Gasteiger partial charge in [-0.05, 0) is 60.9 Å². The van der Waals surface area contributed by atoms with Crippen molar-refractivity contribution < 1.29 is 9.59 Å². The SMILES string of the molecule is Cc1ccc(N2NC(=O)/C(=C/c3cccc(Br)c3)C2=O)cc1C. The molecule has 1 fully saturated rings.